The lowest BCUT2D eigenvalue weighted by molar-refractivity contribution is 0.204. The molecule has 0 radical (unpaired) electrons. The van der Waals surface area contributed by atoms with Gasteiger partial charge in [-0.25, -0.2) is 12.8 Å². The van der Waals surface area contributed by atoms with Gasteiger partial charge in [0.15, 0.2) is 0 Å². The first-order chi connectivity index (χ1) is 9.37. The molecule has 2 N–H and O–H groups in total. The van der Waals surface area contributed by atoms with Crippen LogP contribution < -0.4 is 5.73 Å². The monoisotopic (exact) mass is 300 g/mol. The van der Waals surface area contributed by atoms with Crippen LogP contribution in [0.4, 0.5) is 4.39 Å². The van der Waals surface area contributed by atoms with Crippen molar-refractivity contribution in [2.45, 2.75) is 56.6 Å². The summed E-state index contributed by atoms with van der Waals surface area (Å²) >= 11 is 0. The molecular formula is C14H21FN2O2S. The number of nitrogens with two attached hydrogens (primary N) is 1. The molecule has 1 saturated heterocycles. The average molecular weight is 300 g/mol. The Labute approximate surface area is 119 Å². The van der Waals surface area contributed by atoms with Crippen LogP contribution in [0.15, 0.2) is 23.1 Å². The van der Waals surface area contributed by atoms with Crippen molar-refractivity contribution in [3.63, 3.8) is 0 Å². The van der Waals surface area contributed by atoms with Gasteiger partial charge in [0, 0.05) is 24.2 Å². The molecule has 2 unspecified atom stereocenters. The first kappa shape index (κ1) is 15.4. The molecule has 0 amide bonds. The Morgan fingerprint density at radius 3 is 2.45 bits per heavy atom. The normalized spacial score (nSPS) is 24.8. The highest BCUT2D eigenvalue weighted by molar-refractivity contribution is 7.89. The molecule has 1 aromatic carbocycles. The number of hydrogen-bond acceptors (Lipinski definition) is 3. The quantitative estimate of drug-likeness (QED) is 0.931. The van der Waals surface area contributed by atoms with Crippen LogP contribution in [0.5, 0.6) is 0 Å². The SMILES string of the molecule is CC1CCCC(C)N1S(=O)(=O)c1ccc(F)c(CN)c1. The lowest BCUT2D eigenvalue weighted by Crippen LogP contribution is -2.47. The van der Waals surface area contributed by atoms with Gasteiger partial charge < -0.3 is 5.73 Å². The number of benzene rings is 1. The van der Waals surface area contributed by atoms with Crippen molar-refractivity contribution in [2.75, 3.05) is 0 Å². The highest BCUT2D eigenvalue weighted by atomic mass is 32.2. The molecule has 0 saturated carbocycles. The Kier molecular flexibility index (Phi) is 4.46. The Balaban J connectivity index is 2.43. The second-order valence-corrected chi connectivity index (χ2v) is 7.26. The van der Waals surface area contributed by atoms with Crippen molar-refractivity contribution >= 4 is 10.0 Å². The molecule has 4 nitrogen and oxygen atoms in total. The maximum absolute atomic E-state index is 13.5. The van der Waals surface area contributed by atoms with Gasteiger partial charge in [0.2, 0.25) is 10.0 Å². The van der Waals surface area contributed by atoms with Crippen molar-refractivity contribution in [3.8, 4) is 0 Å². The summed E-state index contributed by atoms with van der Waals surface area (Å²) in [7, 11) is -3.60. The van der Waals surface area contributed by atoms with E-state index in [2.05, 4.69) is 0 Å². The van der Waals surface area contributed by atoms with Crippen molar-refractivity contribution in [1.29, 1.82) is 0 Å². The standard InChI is InChI=1S/C14H21FN2O2S/c1-10-4-3-5-11(2)17(10)20(18,19)13-6-7-14(15)12(8-13)9-16/h6-8,10-11H,3-5,9,16H2,1-2H3. The van der Waals surface area contributed by atoms with Gasteiger partial charge in [-0.15, -0.1) is 0 Å². The first-order valence-corrected chi connectivity index (χ1v) is 8.34. The minimum atomic E-state index is -3.60. The predicted octanol–water partition coefficient (Wildman–Crippen LogP) is 2.24. The fourth-order valence-corrected chi connectivity index (χ4v) is 4.79. The molecule has 2 rings (SSSR count). The smallest absolute Gasteiger partial charge is 0.243 e. The van der Waals surface area contributed by atoms with Crippen molar-refractivity contribution in [1.82, 2.24) is 4.31 Å². The molecule has 1 fully saturated rings. The van der Waals surface area contributed by atoms with Gasteiger partial charge in [-0.3, -0.25) is 0 Å². The largest absolute Gasteiger partial charge is 0.326 e. The number of hydrogen-bond donors (Lipinski definition) is 1. The van der Waals surface area contributed by atoms with Crippen LogP contribution >= 0.6 is 0 Å². The molecule has 2 atom stereocenters. The summed E-state index contributed by atoms with van der Waals surface area (Å²) in [6.07, 6.45) is 2.74. The number of rotatable bonds is 3. The zero-order valence-electron chi connectivity index (χ0n) is 11.8. The van der Waals surface area contributed by atoms with Gasteiger partial charge >= 0.3 is 0 Å². The molecule has 0 bridgehead atoms. The fraction of sp³-hybridized carbons (Fsp3) is 0.571. The van der Waals surface area contributed by atoms with E-state index in [4.69, 9.17) is 5.73 Å². The molecule has 1 heterocycles. The van der Waals surface area contributed by atoms with Crippen LogP contribution in [-0.4, -0.2) is 24.8 Å². The molecule has 1 aliphatic heterocycles. The molecule has 1 aromatic rings. The van der Waals surface area contributed by atoms with Gasteiger partial charge in [-0.05, 0) is 44.9 Å². The maximum atomic E-state index is 13.5. The van der Waals surface area contributed by atoms with E-state index >= 15 is 0 Å². The van der Waals surface area contributed by atoms with Crippen LogP contribution in [0, 0.1) is 5.82 Å². The topological polar surface area (TPSA) is 63.4 Å². The molecule has 20 heavy (non-hydrogen) atoms. The van der Waals surface area contributed by atoms with Gasteiger partial charge in [0.25, 0.3) is 0 Å². The van der Waals surface area contributed by atoms with E-state index < -0.39 is 15.8 Å². The summed E-state index contributed by atoms with van der Waals surface area (Å²) in [6, 6.07) is 3.77. The van der Waals surface area contributed by atoms with Crippen molar-refractivity contribution < 1.29 is 12.8 Å². The minimum Gasteiger partial charge on any atom is -0.326 e. The Bertz CT molecular complexity index is 579. The van der Waals surface area contributed by atoms with Crippen molar-refractivity contribution in [3.05, 3.63) is 29.6 Å². The van der Waals surface area contributed by atoms with Crippen LogP contribution in [0.25, 0.3) is 0 Å². The number of nitrogens with zero attached hydrogens (tertiary/aromatic N) is 1. The van der Waals surface area contributed by atoms with Crippen molar-refractivity contribution in [2.24, 2.45) is 5.73 Å². The zero-order valence-corrected chi connectivity index (χ0v) is 12.7. The molecule has 0 aliphatic carbocycles. The highest BCUT2D eigenvalue weighted by Crippen LogP contribution is 2.30. The van der Waals surface area contributed by atoms with E-state index in [0.29, 0.717) is 0 Å². The molecule has 6 heteroatoms. The third-order valence-corrected chi connectivity index (χ3v) is 6.05. The average Bonchev–Trinajstić information content (AvgIpc) is 2.38. The Morgan fingerprint density at radius 2 is 1.90 bits per heavy atom. The summed E-state index contributed by atoms with van der Waals surface area (Å²) in [4.78, 5) is 0.125. The van der Waals surface area contributed by atoms with Gasteiger partial charge in [0.1, 0.15) is 5.82 Å². The lowest BCUT2D eigenvalue weighted by Gasteiger charge is -2.37. The fourth-order valence-electron chi connectivity index (χ4n) is 2.86. The lowest BCUT2D eigenvalue weighted by atomic mass is 10.0. The predicted molar refractivity (Wildman–Crippen MR) is 76.1 cm³/mol. The summed E-state index contributed by atoms with van der Waals surface area (Å²) in [6.45, 7) is 3.82. The molecule has 0 aromatic heterocycles. The first-order valence-electron chi connectivity index (χ1n) is 6.90. The third kappa shape index (κ3) is 2.73. The molecular weight excluding hydrogens is 279 g/mol. The van der Waals surface area contributed by atoms with E-state index in [1.54, 1.807) is 4.31 Å². The minimum absolute atomic E-state index is 0.0136. The summed E-state index contributed by atoms with van der Waals surface area (Å²) in [5.74, 6) is -0.466. The van der Waals surface area contributed by atoms with E-state index in [1.807, 2.05) is 13.8 Å². The van der Waals surface area contributed by atoms with Gasteiger partial charge in [-0.1, -0.05) is 6.42 Å². The van der Waals surface area contributed by atoms with Gasteiger partial charge in [0.05, 0.1) is 4.90 Å². The van der Waals surface area contributed by atoms with Crippen LogP contribution in [0.3, 0.4) is 0 Å². The Morgan fingerprint density at radius 1 is 1.30 bits per heavy atom. The van der Waals surface area contributed by atoms with E-state index in [0.717, 1.165) is 19.3 Å². The molecule has 0 spiro atoms. The number of piperidine rings is 1. The van der Waals surface area contributed by atoms with E-state index in [9.17, 15) is 12.8 Å². The second kappa shape index (κ2) is 5.79. The van der Waals surface area contributed by atoms with E-state index in [-0.39, 0.29) is 29.1 Å². The molecule has 1 aliphatic rings. The Hall–Kier alpha value is -0.980. The second-order valence-electron chi connectivity index (χ2n) is 5.42. The summed E-state index contributed by atoms with van der Waals surface area (Å²) in [5.41, 5.74) is 5.67. The molecule has 112 valence electrons. The zero-order chi connectivity index (χ0) is 14.9. The van der Waals surface area contributed by atoms with Crippen LogP contribution in [0.1, 0.15) is 38.7 Å². The van der Waals surface area contributed by atoms with Crippen LogP contribution in [0.2, 0.25) is 0 Å². The maximum Gasteiger partial charge on any atom is 0.243 e. The number of halogens is 1. The van der Waals surface area contributed by atoms with Gasteiger partial charge in [-0.2, -0.15) is 4.31 Å². The third-order valence-electron chi connectivity index (χ3n) is 3.93. The van der Waals surface area contributed by atoms with E-state index in [1.165, 1.54) is 18.2 Å². The summed E-state index contributed by atoms with van der Waals surface area (Å²) < 4.78 is 40.5. The summed E-state index contributed by atoms with van der Waals surface area (Å²) in [5, 5.41) is 0. The highest BCUT2D eigenvalue weighted by Gasteiger charge is 2.35. The van der Waals surface area contributed by atoms with Crippen LogP contribution in [-0.2, 0) is 16.6 Å². The number of sulfonamides is 1.